The molecule has 571 valence electrons. The fourth-order valence-electron chi connectivity index (χ4n) is 21.4. The number of nitrogens with one attached hydrogen (secondary N) is 3. The summed E-state index contributed by atoms with van der Waals surface area (Å²) in [5.74, 6) is 5.70. The Morgan fingerprint density at radius 2 is 1.10 bits per heavy atom. The maximum Gasteiger partial charge on any atom is 1.00 e. The number of allylic oxidation sites excluding steroid dienone is 6. The van der Waals surface area contributed by atoms with Crippen LogP contribution in [0.15, 0.2) is 106 Å². The summed E-state index contributed by atoms with van der Waals surface area (Å²) in [6.45, 7) is 26.1. The second-order valence-electron chi connectivity index (χ2n) is 33.3. The molecular formula is C82H117BN4NaO15S2. The Morgan fingerprint density at radius 1 is 0.638 bits per heavy atom. The number of fused-ring (bicyclic) bond motifs is 12. The van der Waals surface area contributed by atoms with Crippen molar-refractivity contribution >= 4 is 63.9 Å². The van der Waals surface area contributed by atoms with Crippen molar-refractivity contribution < 1.29 is 99.1 Å². The molecule has 8 aliphatic carbocycles. The number of piperidine rings is 2. The van der Waals surface area contributed by atoms with Crippen molar-refractivity contribution in [1.82, 2.24) is 19.7 Å². The predicted molar refractivity (Wildman–Crippen MR) is 402 cm³/mol. The summed E-state index contributed by atoms with van der Waals surface area (Å²) in [5, 5.41) is 3.85. The van der Waals surface area contributed by atoms with Crippen LogP contribution >= 0.6 is 0 Å². The van der Waals surface area contributed by atoms with Gasteiger partial charge in [0.25, 0.3) is 0 Å². The summed E-state index contributed by atoms with van der Waals surface area (Å²) in [6, 6.07) is 20.1. The van der Waals surface area contributed by atoms with E-state index in [1.54, 1.807) is 22.3 Å². The van der Waals surface area contributed by atoms with Crippen LogP contribution in [0.4, 0.5) is 0 Å². The number of hydrogen-bond acceptors (Lipinski definition) is 17. The molecule has 12 aliphatic rings. The van der Waals surface area contributed by atoms with E-state index in [1.807, 2.05) is 72.8 Å². The van der Waals surface area contributed by atoms with Crippen molar-refractivity contribution in [1.29, 1.82) is 0 Å². The van der Waals surface area contributed by atoms with Crippen molar-refractivity contribution in [3.8, 4) is 0 Å². The smallest absolute Gasteiger partial charge is 0.793 e. The average Bonchev–Trinajstić information content (AvgIpc) is 1.61. The second kappa shape index (κ2) is 36.1. The van der Waals surface area contributed by atoms with E-state index in [0.717, 1.165) is 132 Å². The van der Waals surface area contributed by atoms with E-state index in [2.05, 4.69) is 97.5 Å². The standard InChI is InChI=1S/C38H54N2O4S.C28H41NO2.C10H13NO3S.C4H6O4.C2H3BO2.Na/c1-25-20-35-36(40(24-25)18-17-39-45(42,43)19-14-28-8-6-5-7-9-28)27(3)38(44-35)16-13-31-32-11-10-29-21-30(41)12-15-37(29,4)34(32)22-33(31)26(2)23-38;1-16-11-25-26(29-15-16)18(3)28(31-25)10-8-21-22-6-5-19-12-20(30)7-9-27(19,4)24(22)13-23(21)17(2)14-28;12-8-7-11-15(13,14)9-6-10-4-2-1-3-5-10;1-3(5)7-8-4(2)6;1-2(4)5-3;/h5-9,21,25,27,31-32,34-36,39H,10-20,22-24H2,1-4H3;12,16,18,21-22,24-26,29H,5-11,13-15H2,1-4H3;1-5,8,11H,6-7,9H2;1-2H3;1H3;/q;;;;-1;+1/t25-,27+,31-,32-,34-,35+,36-,37-,38-;16-,18+,21-,22-,24-,25+,26-,27-,28-;;;;/m00..../s1. The number of aldehydes is 1. The van der Waals surface area contributed by atoms with Crippen molar-refractivity contribution in [2.24, 2.45) is 70.0 Å². The zero-order valence-electron chi connectivity index (χ0n) is 64.6. The minimum atomic E-state index is -3.34. The van der Waals surface area contributed by atoms with Crippen LogP contribution in [0.1, 0.15) is 203 Å². The molecule has 23 heteroatoms. The van der Waals surface area contributed by atoms with Crippen LogP contribution in [0.2, 0.25) is 0 Å². The van der Waals surface area contributed by atoms with Gasteiger partial charge in [0.2, 0.25) is 26.0 Å². The molecule has 0 aromatic heterocycles. The van der Waals surface area contributed by atoms with Crippen molar-refractivity contribution in [2.45, 2.75) is 240 Å². The van der Waals surface area contributed by atoms with Crippen LogP contribution in [0.25, 0.3) is 0 Å². The van der Waals surface area contributed by atoms with E-state index in [4.69, 9.17) is 9.47 Å². The van der Waals surface area contributed by atoms with Crippen LogP contribution in [0.3, 0.4) is 0 Å². The molecule has 2 spiro atoms. The number of ketones is 2. The SMILES string of the molecule is CC(=O)OOC(C)=O.CC1=C2C[C@H]3[C@@H](CCC4=CC(=O)CC[C@@]43C)[C@@H]2CC[C@@]2(C1)O[C@@H]1C[C@H](C)CN(CCNS(=O)(=O)CCc3ccccc3)[C@H]1[C@H]2C.CC1=C2C[C@H]3[C@@H](CCC4=CC(=O)CC[C@@]43C)[C@@H]2CC[C@@]2(C1)O[C@@H]1C[C@H](C)CN[C@H]1[C@H]2C.O=CCNS(=O)(=O)CCc1ccccc1.[B-]OC(C)=O.[Na+]. The molecule has 0 bridgehead atoms. The van der Waals surface area contributed by atoms with Crippen LogP contribution in [0, 0.1) is 70.0 Å². The predicted octanol–water partition coefficient (Wildman–Crippen LogP) is 9.09. The second-order valence-corrected chi connectivity index (χ2v) is 37.1. The first-order chi connectivity index (χ1) is 49.3. The van der Waals surface area contributed by atoms with Gasteiger partial charge in [-0.25, -0.2) is 45.6 Å². The number of carbonyl (C=O) groups is 6. The minimum Gasteiger partial charge on any atom is -0.793 e. The number of carbonyl (C=O) groups excluding carboxylic acids is 6. The first kappa shape index (κ1) is 84.6. The van der Waals surface area contributed by atoms with Crippen LogP contribution < -0.4 is 44.3 Å². The zero-order chi connectivity index (χ0) is 75.1. The third kappa shape index (κ3) is 20.0. The molecule has 4 heterocycles. The molecule has 2 aromatic rings. The number of aryl methyl sites for hydroxylation is 2. The van der Waals surface area contributed by atoms with Gasteiger partial charge in [0.05, 0.1) is 41.5 Å². The number of ether oxygens (including phenoxy) is 2. The average molecular weight is 1500 g/mol. The van der Waals surface area contributed by atoms with Gasteiger partial charge < -0.3 is 32.3 Å². The Kier molecular flexibility index (Phi) is 29.1. The van der Waals surface area contributed by atoms with E-state index >= 15 is 0 Å². The number of hydrogen-bond donors (Lipinski definition) is 3. The maximum atomic E-state index is 12.8. The van der Waals surface area contributed by atoms with Crippen LogP contribution in [0.5, 0.6) is 0 Å². The zero-order valence-corrected chi connectivity index (χ0v) is 68.3. The third-order valence-electron chi connectivity index (χ3n) is 26.6. The van der Waals surface area contributed by atoms with Gasteiger partial charge in [-0.3, -0.25) is 19.3 Å². The fourth-order valence-corrected chi connectivity index (χ4v) is 23.5. The summed E-state index contributed by atoms with van der Waals surface area (Å²) >= 11 is 0. The van der Waals surface area contributed by atoms with Crippen molar-refractivity contribution in [3.05, 3.63) is 117 Å². The molecule has 8 fully saturated rings. The topological polar surface area (TPSA) is 256 Å². The summed E-state index contributed by atoms with van der Waals surface area (Å²) in [4.78, 5) is 73.7. The van der Waals surface area contributed by atoms with Gasteiger partial charge >= 0.3 is 41.5 Å². The molecule has 3 N–H and O–H groups in total. The summed E-state index contributed by atoms with van der Waals surface area (Å²) in [5.41, 5.74) is 12.0. The monoisotopic (exact) mass is 1500 g/mol. The molecule has 4 saturated carbocycles. The molecule has 14 rings (SSSR count). The van der Waals surface area contributed by atoms with Gasteiger partial charge in [0.15, 0.2) is 11.6 Å². The molecule has 0 unspecified atom stereocenters. The van der Waals surface area contributed by atoms with Crippen LogP contribution in [-0.2, 0) is 85.6 Å². The van der Waals surface area contributed by atoms with E-state index in [-0.39, 0.29) is 75.7 Å². The quantitative estimate of drug-likeness (QED) is 0.0555. The molecule has 0 amide bonds. The van der Waals surface area contributed by atoms with Crippen molar-refractivity contribution in [2.75, 3.05) is 44.2 Å². The van der Waals surface area contributed by atoms with Gasteiger partial charge in [0.1, 0.15) is 6.29 Å². The van der Waals surface area contributed by atoms with E-state index in [9.17, 15) is 45.6 Å². The van der Waals surface area contributed by atoms with Gasteiger partial charge in [0, 0.05) is 77.2 Å². The van der Waals surface area contributed by atoms with E-state index < -0.39 is 38.0 Å². The molecule has 2 aromatic carbocycles. The van der Waals surface area contributed by atoms with Gasteiger partial charge in [-0.15, -0.1) is 0 Å². The molecule has 3 radical (unpaired) electrons. The van der Waals surface area contributed by atoms with E-state index in [1.165, 1.54) is 69.4 Å². The Labute approximate surface area is 649 Å². The van der Waals surface area contributed by atoms with Crippen molar-refractivity contribution in [3.63, 3.8) is 0 Å². The molecule has 19 nitrogen and oxygen atoms in total. The first-order valence-electron chi connectivity index (χ1n) is 38.7. The Balaban J connectivity index is 0.000000183. The van der Waals surface area contributed by atoms with E-state index in [0.29, 0.717) is 91.4 Å². The normalized spacial score (nSPS) is 34.9. The van der Waals surface area contributed by atoms with Gasteiger partial charge in [-0.05, 0) is 217 Å². The Morgan fingerprint density at radius 3 is 1.56 bits per heavy atom. The number of benzene rings is 2. The van der Waals surface area contributed by atoms with Crippen LogP contribution in [-0.4, -0.2) is 145 Å². The minimum absolute atomic E-state index is 0. The fraction of sp³-hybridized carbons (Fsp3) is 0.683. The van der Waals surface area contributed by atoms with Gasteiger partial charge in [-0.2, -0.15) is 0 Å². The van der Waals surface area contributed by atoms with Gasteiger partial charge in [-0.1, -0.05) is 136 Å². The summed E-state index contributed by atoms with van der Waals surface area (Å²) in [7, 11) is -2.34. The summed E-state index contributed by atoms with van der Waals surface area (Å²) < 4.78 is 71.2. The first-order valence-corrected chi connectivity index (χ1v) is 42.0. The Hall–Kier alpha value is -4.46. The molecule has 18 atom stereocenters. The third-order valence-corrected chi connectivity index (χ3v) is 29.4. The number of likely N-dealkylation sites (tertiary alicyclic amines) is 1. The number of sulfonamides is 2. The molecule has 4 aliphatic heterocycles. The molecule has 105 heavy (non-hydrogen) atoms. The Bertz CT molecular complexity index is 3780. The number of nitrogens with zero attached hydrogens (tertiary/aromatic N) is 1. The maximum absolute atomic E-state index is 12.8. The molecule has 4 saturated heterocycles. The summed E-state index contributed by atoms with van der Waals surface area (Å²) in [6.07, 6.45) is 26.3. The number of rotatable bonds is 13. The molecular weight excluding hydrogens is 1380 g/mol. The largest absolute Gasteiger partial charge is 1.00 e.